The van der Waals surface area contributed by atoms with E-state index < -0.39 is 0 Å². The molecule has 2 nitrogen and oxygen atoms in total. The maximum absolute atomic E-state index is 13.4. The van der Waals surface area contributed by atoms with Crippen LogP contribution in [0.1, 0.15) is 37.8 Å². The van der Waals surface area contributed by atoms with Crippen molar-refractivity contribution < 1.29 is 9.50 Å². The molecule has 2 N–H and O–H groups in total. The average molecular weight is 239 g/mol. The van der Waals surface area contributed by atoms with Gasteiger partial charge < -0.3 is 10.4 Å². The van der Waals surface area contributed by atoms with E-state index in [9.17, 15) is 9.50 Å². The minimum atomic E-state index is -0.249. The Bertz CT molecular complexity index is 353. The molecule has 0 atom stereocenters. The highest BCUT2D eigenvalue weighted by Gasteiger charge is 2.23. The van der Waals surface area contributed by atoms with Gasteiger partial charge in [0.1, 0.15) is 5.82 Å². The Balaban J connectivity index is 2.68. The summed E-state index contributed by atoms with van der Waals surface area (Å²) in [7, 11) is 0. The van der Waals surface area contributed by atoms with Crippen molar-refractivity contribution in [2.45, 2.75) is 45.7 Å². The van der Waals surface area contributed by atoms with E-state index >= 15 is 0 Å². The second-order valence-corrected chi connectivity index (χ2v) is 4.58. The van der Waals surface area contributed by atoms with Gasteiger partial charge in [-0.15, -0.1) is 0 Å². The minimum absolute atomic E-state index is 0.105. The van der Waals surface area contributed by atoms with Gasteiger partial charge in [-0.3, -0.25) is 0 Å². The smallest absolute Gasteiger partial charge is 0.126 e. The average Bonchev–Trinajstić information content (AvgIpc) is 2.36. The molecule has 1 rings (SSSR count). The van der Waals surface area contributed by atoms with Gasteiger partial charge >= 0.3 is 0 Å². The van der Waals surface area contributed by atoms with Gasteiger partial charge in [-0.2, -0.15) is 0 Å². The Morgan fingerprint density at radius 3 is 2.41 bits per heavy atom. The Labute approximate surface area is 103 Å². The zero-order valence-electron chi connectivity index (χ0n) is 10.9. The molecule has 0 radical (unpaired) electrons. The molecule has 1 aromatic carbocycles. The van der Waals surface area contributed by atoms with Crippen LogP contribution in [0.25, 0.3) is 0 Å². The van der Waals surface area contributed by atoms with Crippen molar-refractivity contribution in [1.82, 2.24) is 5.32 Å². The predicted octanol–water partition coefficient (Wildman–Crippen LogP) is 2.77. The van der Waals surface area contributed by atoms with Crippen molar-refractivity contribution in [3.63, 3.8) is 0 Å². The van der Waals surface area contributed by atoms with Gasteiger partial charge in [0.25, 0.3) is 0 Å². The summed E-state index contributed by atoms with van der Waals surface area (Å²) in [6.07, 6.45) is 1.71. The molecule has 1 aromatic rings. The highest BCUT2D eigenvalue weighted by molar-refractivity contribution is 5.23. The van der Waals surface area contributed by atoms with Crippen molar-refractivity contribution in [2.24, 2.45) is 0 Å². The summed E-state index contributed by atoms with van der Waals surface area (Å²) in [5, 5.41) is 12.7. The van der Waals surface area contributed by atoms with Crippen molar-refractivity contribution in [3.8, 4) is 0 Å². The summed E-state index contributed by atoms with van der Waals surface area (Å²) in [5.74, 6) is -0.174. The number of aliphatic hydroxyl groups excluding tert-OH is 1. The fourth-order valence-electron chi connectivity index (χ4n) is 1.82. The maximum atomic E-state index is 13.4. The van der Waals surface area contributed by atoms with Crippen LogP contribution in [0.3, 0.4) is 0 Å². The van der Waals surface area contributed by atoms with E-state index in [1.165, 1.54) is 0 Å². The maximum Gasteiger partial charge on any atom is 0.126 e. The van der Waals surface area contributed by atoms with Gasteiger partial charge in [-0.25, -0.2) is 4.39 Å². The summed E-state index contributed by atoms with van der Waals surface area (Å²) in [6.45, 7) is 6.53. The Hall–Kier alpha value is -0.930. The molecule has 0 spiro atoms. The van der Waals surface area contributed by atoms with E-state index in [0.29, 0.717) is 12.1 Å². The Kier molecular flexibility index (Phi) is 5.09. The number of hydrogen-bond acceptors (Lipinski definition) is 2. The number of aliphatic hydroxyl groups is 1. The van der Waals surface area contributed by atoms with Crippen LogP contribution < -0.4 is 5.32 Å². The molecule has 0 amide bonds. The third-order valence-electron chi connectivity index (χ3n) is 3.56. The molecule has 0 aliphatic carbocycles. The topological polar surface area (TPSA) is 32.3 Å². The number of aryl methyl sites for hydroxylation is 1. The van der Waals surface area contributed by atoms with Crippen LogP contribution >= 0.6 is 0 Å². The van der Waals surface area contributed by atoms with Gasteiger partial charge in [0, 0.05) is 12.1 Å². The van der Waals surface area contributed by atoms with Crippen LogP contribution in [0.2, 0.25) is 0 Å². The highest BCUT2D eigenvalue weighted by Crippen LogP contribution is 2.16. The molecule has 0 saturated carbocycles. The lowest BCUT2D eigenvalue weighted by Crippen LogP contribution is -2.47. The third kappa shape index (κ3) is 3.51. The first kappa shape index (κ1) is 14.1. The van der Waals surface area contributed by atoms with Crippen molar-refractivity contribution in [3.05, 3.63) is 35.1 Å². The Morgan fingerprint density at radius 2 is 1.94 bits per heavy atom. The predicted molar refractivity (Wildman–Crippen MR) is 68.4 cm³/mol. The van der Waals surface area contributed by atoms with Gasteiger partial charge in [0.2, 0.25) is 0 Å². The van der Waals surface area contributed by atoms with E-state index in [1.807, 2.05) is 19.9 Å². The summed E-state index contributed by atoms with van der Waals surface area (Å²) in [4.78, 5) is 0. The lowest BCUT2D eigenvalue weighted by atomic mass is 9.93. The monoisotopic (exact) mass is 239 g/mol. The molecule has 0 unspecified atom stereocenters. The number of benzene rings is 1. The molecule has 17 heavy (non-hydrogen) atoms. The van der Waals surface area contributed by atoms with Gasteiger partial charge in [0.05, 0.1) is 6.61 Å². The SMILES string of the molecule is CCC(CC)(CO)NCc1ccc(C)c(F)c1. The summed E-state index contributed by atoms with van der Waals surface area (Å²) >= 11 is 0. The van der Waals surface area contributed by atoms with E-state index in [2.05, 4.69) is 5.32 Å². The van der Waals surface area contributed by atoms with Crippen LogP contribution in [0.15, 0.2) is 18.2 Å². The molecule has 3 heteroatoms. The van der Waals surface area contributed by atoms with Crippen molar-refractivity contribution in [1.29, 1.82) is 0 Å². The van der Waals surface area contributed by atoms with Crippen LogP contribution in [-0.4, -0.2) is 17.3 Å². The van der Waals surface area contributed by atoms with Gasteiger partial charge in [0.15, 0.2) is 0 Å². The Morgan fingerprint density at radius 1 is 1.29 bits per heavy atom. The summed E-state index contributed by atoms with van der Waals surface area (Å²) in [6, 6.07) is 5.25. The highest BCUT2D eigenvalue weighted by atomic mass is 19.1. The molecule has 0 heterocycles. The fraction of sp³-hybridized carbons (Fsp3) is 0.571. The molecule has 0 fully saturated rings. The van der Waals surface area contributed by atoms with Crippen LogP contribution in [0, 0.1) is 12.7 Å². The number of nitrogens with one attached hydrogen (secondary N) is 1. The lowest BCUT2D eigenvalue weighted by molar-refractivity contribution is 0.149. The molecule has 0 aliphatic heterocycles. The molecule has 0 bridgehead atoms. The zero-order valence-corrected chi connectivity index (χ0v) is 10.9. The fourth-order valence-corrected chi connectivity index (χ4v) is 1.82. The van der Waals surface area contributed by atoms with E-state index in [0.717, 1.165) is 18.4 Å². The molecule has 0 saturated heterocycles. The van der Waals surface area contributed by atoms with Crippen molar-refractivity contribution in [2.75, 3.05) is 6.61 Å². The van der Waals surface area contributed by atoms with Crippen LogP contribution in [-0.2, 0) is 6.54 Å². The number of hydrogen-bond donors (Lipinski definition) is 2. The van der Waals surface area contributed by atoms with Crippen molar-refractivity contribution >= 4 is 0 Å². The number of halogens is 1. The van der Waals surface area contributed by atoms with Crippen LogP contribution in [0.5, 0.6) is 0 Å². The summed E-state index contributed by atoms with van der Waals surface area (Å²) < 4.78 is 13.4. The second-order valence-electron chi connectivity index (χ2n) is 4.58. The summed E-state index contributed by atoms with van der Waals surface area (Å²) in [5.41, 5.74) is 1.32. The lowest BCUT2D eigenvalue weighted by Gasteiger charge is -2.31. The third-order valence-corrected chi connectivity index (χ3v) is 3.56. The first-order valence-electron chi connectivity index (χ1n) is 6.18. The molecular weight excluding hydrogens is 217 g/mol. The first-order valence-corrected chi connectivity index (χ1v) is 6.18. The largest absolute Gasteiger partial charge is 0.394 e. The zero-order chi connectivity index (χ0) is 12.9. The van der Waals surface area contributed by atoms with E-state index in [1.54, 1.807) is 19.1 Å². The normalized spacial score (nSPS) is 11.8. The minimum Gasteiger partial charge on any atom is -0.394 e. The number of rotatable bonds is 6. The van der Waals surface area contributed by atoms with Gasteiger partial charge in [-0.05, 0) is 37.0 Å². The van der Waals surface area contributed by atoms with Gasteiger partial charge in [-0.1, -0.05) is 26.0 Å². The molecule has 0 aromatic heterocycles. The molecule has 96 valence electrons. The van der Waals surface area contributed by atoms with E-state index in [-0.39, 0.29) is 18.0 Å². The molecule has 0 aliphatic rings. The molecular formula is C14H22FNO. The van der Waals surface area contributed by atoms with E-state index in [4.69, 9.17) is 0 Å². The van der Waals surface area contributed by atoms with Crippen LogP contribution in [0.4, 0.5) is 4.39 Å². The quantitative estimate of drug-likeness (QED) is 0.800. The second kappa shape index (κ2) is 6.12. The first-order chi connectivity index (χ1) is 8.06. The standard InChI is InChI=1S/C14H22FNO/c1-4-14(5-2,10-17)16-9-12-7-6-11(3)13(15)8-12/h6-8,16-17H,4-5,9-10H2,1-3H3.